The quantitative estimate of drug-likeness (QED) is 0.825. The summed E-state index contributed by atoms with van der Waals surface area (Å²) in [6.07, 6.45) is 3.12. The summed E-state index contributed by atoms with van der Waals surface area (Å²) in [5, 5.41) is 12.5. The van der Waals surface area contributed by atoms with Gasteiger partial charge < -0.3 is 10.4 Å². The number of halogens is 1. The highest BCUT2D eigenvalue weighted by atomic mass is 35.5. The molecular weight excluding hydrogens is 228 g/mol. The van der Waals surface area contributed by atoms with Gasteiger partial charge in [0, 0.05) is 12.1 Å². The second-order valence-corrected chi connectivity index (χ2v) is 4.34. The van der Waals surface area contributed by atoms with Gasteiger partial charge in [0.05, 0.1) is 10.7 Å². The minimum atomic E-state index is -0.809. The smallest absolute Gasteiger partial charge is 0.320 e. The predicted octanol–water partition coefficient (Wildman–Crippen LogP) is 1.66. The number of carbonyl (C=O) groups is 1. The van der Waals surface area contributed by atoms with Gasteiger partial charge in [-0.05, 0) is 31.5 Å². The van der Waals surface area contributed by atoms with E-state index in [-0.39, 0.29) is 5.92 Å². The molecule has 2 unspecified atom stereocenters. The highest BCUT2D eigenvalue weighted by Gasteiger charge is 2.28. The third-order valence-electron chi connectivity index (χ3n) is 2.88. The number of hydrogen-bond acceptors (Lipinski definition) is 3. The Bertz CT molecular complexity index is 397. The molecule has 0 radical (unpaired) electrons. The van der Waals surface area contributed by atoms with Crippen LogP contribution >= 0.6 is 11.6 Å². The van der Waals surface area contributed by atoms with Crippen molar-refractivity contribution in [2.45, 2.75) is 24.8 Å². The Kier molecular flexibility index (Phi) is 3.41. The number of nitrogens with one attached hydrogen (secondary N) is 1. The maximum absolute atomic E-state index is 10.9. The third-order valence-corrected chi connectivity index (χ3v) is 3.20. The van der Waals surface area contributed by atoms with Crippen LogP contribution in [0.4, 0.5) is 0 Å². The summed E-state index contributed by atoms with van der Waals surface area (Å²) in [6, 6.07) is 3.08. The van der Waals surface area contributed by atoms with Gasteiger partial charge in [0.25, 0.3) is 0 Å². The van der Waals surface area contributed by atoms with Crippen molar-refractivity contribution in [1.29, 1.82) is 0 Å². The van der Waals surface area contributed by atoms with Gasteiger partial charge in [-0.1, -0.05) is 11.6 Å². The normalized spacial score (nSPS) is 25.3. The van der Waals surface area contributed by atoms with E-state index in [1.54, 1.807) is 18.3 Å². The lowest BCUT2D eigenvalue weighted by molar-refractivity contribution is -0.140. The van der Waals surface area contributed by atoms with Crippen LogP contribution in [0.3, 0.4) is 0 Å². The van der Waals surface area contributed by atoms with Gasteiger partial charge in [0.2, 0.25) is 0 Å². The summed E-state index contributed by atoms with van der Waals surface area (Å²) in [4.78, 5) is 15.1. The summed E-state index contributed by atoms with van der Waals surface area (Å²) in [5.41, 5.74) is 0.817. The molecule has 1 aromatic rings. The van der Waals surface area contributed by atoms with Crippen LogP contribution in [-0.4, -0.2) is 28.6 Å². The number of aliphatic carboxylic acids is 1. The monoisotopic (exact) mass is 240 g/mol. The largest absolute Gasteiger partial charge is 0.480 e. The number of piperidine rings is 1. The Labute approximate surface area is 98.6 Å². The van der Waals surface area contributed by atoms with Crippen LogP contribution in [0.25, 0.3) is 0 Å². The maximum atomic E-state index is 10.9. The van der Waals surface area contributed by atoms with E-state index in [4.69, 9.17) is 16.7 Å². The van der Waals surface area contributed by atoms with Crippen LogP contribution in [0, 0.1) is 0 Å². The van der Waals surface area contributed by atoms with Crippen molar-refractivity contribution in [2.24, 2.45) is 0 Å². The van der Waals surface area contributed by atoms with Crippen molar-refractivity contribution in [2.75, 3.05) is 6.54 Å². The third kappa shape index (κ3) is 2.33. The zero-order chi connectivity index (χ0) is 11.5. The molecule has 0 amide bonds. The van der Waals surface area contributed by atoms with E-state index in [1.165, 1.54) is 0 Å². The van der Waals surface area contributed by atoms with Crippen LogP contribution in [0.15, 0.2) is 18.3 Å². The minimum absolute atomic E-state index is 0.135. The van der Waals surface area contributed by atoms with Crippen molar-refractivity contribution in [3.8, 4) is 0 Å². The molecule has 0 spiro atoms. The van der Waals surface area contributed by atoms with Gasteiger partial charge in [0.15, 0.2) is 0 Å². The Morgan fingerprint density at radius 2 is 2.44 bits per heavy atom. The SMILES string of the molecule is O=C(O)C1CC(c2ncccc2Cl)CCN1. The van der Waals surface area contributed by atoms with E-state index in [0.29, 0.717) is 18.0 Å². The molecule has 2 heterocycles. The van der Waals surface area contributed by atoms with E-state index in [2.05, 4.69) is 10.3 Å². The molecule has 16 heavy (non-hydrogen) atoms. The number of pyridine rings is 1. The van der Waals surface area contributed by atoms with Crippen molar-refractivity contribution in [3.05, 3.63) is 29.0 Å². The first kappa shape index (κ1) is 11.4. The van der Waals surface area contributed by atoms with Crippen LogP contribution < -0.4 is 5.32 Å². The molecule has 2 rings (SSSR count). The molecular formula is C11H13ClN2O2. The molecule has 2 N–H and O–H groups in total. The topological polar surface area (TPSA) is 62.2 Å². The summed E-state index contributed by atoms with van der Waals surface area (Å²) in [5.74, 6) is -0.673. The molecule has 1 aliphatic rings. The molecule has 1 saturated heterocycles. The average molecular weight is 241 g/mol. The summed E-state index contributed by atoms with van der Waals surface area (Å²) < 4.78 is 0. The van der Waals surface area contributed by atoms with Crippen LogP contribution in [0.1, 0.15) is 24.5 Å². The van der Waals surface area contributed by atoms with Crippen LogP contribution in [0.2, 0.25) is 5.02 Å². The van der Waals surface area contributed by atoms with Gasteiger partial charge in [-0.15, -0.1) is 0 Å². The fraction of sp³-hybridized carbons (Fsp3) is 0.455. The first-order valence-corrected chi connectivity index (χ1v) is 5.63. The van der Waals surface area contributed by atoms with Gasteiger partial charge >= 0.3 is 5.97 Å². The van der Waals surface area contributed by atoms with E-state index in [9.17, 15) is 4.79 Å². The molecule has 0 saturated carbocycles. The summed E-state index contributed by atoms with van der Waals surface area (Å²) >= 11 is 6.05. The fourth-order valence-electron chi connectivity index (χ4n) is 2.05. The maximum Gasteiger partial charge on any atom is 0.320 e. The van der Waals surface area contributed by atoms with Crippen LogP contribution in [0.5, 0.6) is 0 Å². The Hall–Kier alpha value is -1.13. The molecule has 0 aromatic carbocycles. The number of aromatic nitrogens is 1. The zero-order valence-corrected chi connectivity index (χ0v) is 9.44. The van der Waals surface area contributed by atoms with Gasteiger partial charge in [-0.25, -0.2) is 0 Å². The second-order valence-electron chi connectivity index (χ2n) is 3.94. The second kappa shape index (κ2) is 4.80. The van der Waals surface area contributed by atoms with Gasteiger partial charge in [-0.2, -0.15) is 0 Å². The fourth-order valence-corrected chi connectivity index (χ4v) is 2.33. The first-order chi connectivity index (χ1) is 7.68. The molecule has 1 aromatic heterocycles. The van der Waals surface area contributed by atoms with Crippen molar-refractivity contribution >= 4 is 17.6 Å². The predicted molar refractivity (Wildman–Crippen MR) is 60.6 cm³/mol. The molecule has 0 aliphatic carbocycles. The molecule has 1 fully saturated rings. The van der Waals surface area contributed by atoms with E-state index in [0.717, 1.165) is 12.1 Å². The van der Waals surface area contributed by atoms with Crippen LogP contribution in [-0.2, 0) is 4.79 Å². The molecule has 2 atom stereocenters. The van der Waals surface area contributed by atoms with E-state index >= 15 is 0 Å². The van der Waals surface area contributed by atoms with Gasteiger partial charge in [-0.3, -0.25) is 9.78 Å². The molecule has 1 aliphatic heterocycles. The number of carboxylic acids is 1. The molecule has 0 bridgehead atoms. The Balaban J connectivity index is 2.16. The number of hydrogen-bond donors (Lipinski definition) is 2. The van der Waals surface area contributed by atoms with Gasteiger partial charge in [0.1, 0.15) is 6.04 Å². The molecule has 4 nitrogen and oxygen atoms in total. The summed E-state index contributed by atoms with van der Waals surface area (Å²) in [7, 11) is 0. The number of rotatable bonds is 2. The lowest BCUT2D eigenvalue weighted by atomic mass is 9.89. The van der Waals surface area contributed by atoms with E-state index < -0.39 is 12.0 Å². The van der Waals surface area contributed by atoms with E-state index in [1.807, 2.05) is 0 Å². The standard InChI is InChI=1S/C11H13ClN2O2/c12-8-2-1-4-14-10(8)7-3-5-13-9(6-7)11(15)16/h1-2,4,7,9,13H,3,5-6H2,(H,15,16). The lowest BCUT2D eigenvalue weighted by Gasteiger charge is -2.27. The number of nitrogens with zero attached hydrogens (tertiary/aromatic N) is 1. The van der Waals surface area contributed by atoms with Crippen molar-refractivity contribution in [1.82, 2.24) is 10.3 Å². The average Bonchev–Trinajstić information content (AvgIpc) is 2.30. The molecule has 86 valence electrons. The van der Waals surface area contributed by atoms with Crippen molar-refractivity contribution in [3.63, 3.8) is 0 Å². The highest BCUT2D eigenvalue weighted by Crippen LogP contribution is 2.30. The summed E-state index contributed by atoms with van der Waals surface area (Å²) in [6.45, 7) is 0.689. The minimum Gasteiger partial charge on any atom is -0.480 e. The Morgan fingerprint density at radius 3 is 3.12 bits per heavy atom. The number of carboxylic acid groups (broad SMARTS) is 1. The molecule has 5 heteroatoms. The first-order valence-electron chi connectivity index (χ1n) is 5.25. The Morgan fingerprint density at radius 1 is 1.62 bits per heavy atom. The highest BCUT2D eigenvalue weighted by molar-refractivity contribution is 6.31. The van der Waals surface area contributed by atoms with Crippen molar-refractivity contribution < 1.29 is 9.90 Å². The lowest BCUT2D eigenvalue weighted by Crippen LogP contribution is -2.42. The zero-order valence-electron chi connectivity index (χ0n) is 8.69.